The fourth-order valence-corrected chi connectivity index (χ4v) is 1.72. The Morgan fingerprint density at radius 1 is 1.40 bits per heavy atom. The lowest BCUT2D eigenvalue weighted by atomic mass is 10.1. The van der Waals surface area contributed by atoms with Gasteiger partial charge in [0.15, 0.2) is 0 Å². The summed E-state index contributed by atoms with van der Waals surface area (Å²) in [6.07, 6.45) is 1.45. The zero-order valence-corrected chi connectivity index (χ0v) is 12.1. The summed E-state index contributed by atoms with van der Waals surface area (Å²) in [4.78, 5) is 11.8. The Morgan fingerprint density at radius 3 is 2.75 bits per heavy atom. The molecule has 0 saturated heterocycles. The lowest BCUT2D eigenvalue weighted by Crippen LogP contribution is -2.42. The van der Waals surface area contributed by atoms with Gasteiger partial charge in [-0.15, -0.1) is 0 Å². The Kier molecular flexibility index (Phi) is 7.62. The number of hydrogen-bond donors (Lipinski definition) is 2. The third-order valence-corrected chi connectivity index (χ3v) is 2.82. The number of hydrogen-bond acceptors (Lipinski definition) is 3. The van der Waals surface area contributed by atoms with E-state index in [4.69, 9.17) is 10.5 Å². The quantitative estimate of drug-likeness (QED) is 0.532. The molecule has 0 aliphatic rings. The maximum absolute atomic E-state index is 11.8. The normalized spacial score (nSPS) is 11.9. The van der Waals surface area contributed by atoms with Crippen LogP contribution in [-0.4, -0.2) is 31.7 Å². The fourth-order valence-electron chi connectivity index (χ4n) is 1.72. The van der Waals surface area contributed by atoms with E-state index in [0.29, 0.717) is 26.2 Å². The van der Waals surface area contributed by atoms with Gasteiger partial charge in [-0.2, -0.15) is 0 Å². The smallest absolute Gasteiger partial charge is 0.237 e. The number of ether oxygens (including phenoxy) is 1. The van der Waals surface area contributed by atoms with E-state index < -0.39 is 6.04 Å². The first kappa shape index (κ1) is 16.4. The van der Waals surface area contributed by atoms with Crippen molar-refractivity contribution in [3.63, 3.8) is 0 Å². The number of aryl methyl sites for hydroxylation is 1. The molecule has 1 aromatic carbocycles. The number of nitrogens with one attached hydrogen (secondary N) is 1. The van der Waals surface area contributed by atoms with E-state index in [1.807, 2.05) is 37.3 Å². The van der Waals surface area contributed by atoms with E-state index in [1.54, 1.807) is 0 Å². The van der Waals surface area contributed by atoms with Crippen LogP contribution in [-0.2, 0) is 16.0 Å². The summed E-state index contributed by atoms with van der Waals surface area (Å²) >= 11 is 0. The van der Waals surface area contributed by atoms with E-state index >= 15 is 0 Å². The molecule has 0 aliphatic carbocycles. The van der Waals surface area contributed by atoms with Gasteiger partial charge in [0.25, 0.3) is 0 Å². The van der Waals surface area contributed by atoms with Gasteiger partial charge in [-0.1, -0.05) is 42.5 Å². The fraction of sp³-hybridized carbons (Fsp3) is 0.438. The summed E-state index contributed by atoms with van der Waals surface area (Å²) in [5, 5.41) is 2.77. The Labute approximate surface area is 121 Å². The van der Waals surface area contributed by atoms with Crippen molar-refractivity contribution in [3.05, 3.63) is 48.0 Å². The van der Waals surface area contributed by atoms with E-state index in [-0.39, 0.29) is 5.91 Å². The van der Waals surface area contributed by atoms with Crippen LogP contribution in [0.15, 0.2) is 42.5 Å². The van der Waals surface area contributed by atoms with Gasteiger partial charge >= 0.3 is 0 Å². The average molecular weight is 276 g/mol. The predicted octanol–water partition coefficient (Wildman–Crippen LogP) is 1.66. The second kappa shape index (κ2) is 9.28. The highest BCUT2D eigenvalue weighted by molar-refractivity contribution is 5.81. The highest BCUT2D eigenvalue weighted by atomic mass is 16.5. The summed E-state index contributed by atoms with van der Waals surface area (Å²) in [7, 11) is 0. The molecular formula is C16H24N2O2. The first-order chi connectivity index (χ1) is 9.59. The summed E-state index contributed by atoms with van der Waals surface area (Å²) in [6, 6.07) is 9.55. The molecule has 4 nitrogen and oxygen atoms in total. The molecule has 1 aromatic rings. The first-order valence-corrected chi connectivity index (χ1v) is 6.89. The Hall–Kier alpha value is -1.65. The van der Waals surface area contributed by atoms with Crippen molar-refractivity contribution in [1.82, 2.24) is 5.32 Å². The van der Waals surface area contributed by atoms with Gasteiger partial charge in [0.2, 0.25) is 5.91 Å². The minimum absolute atomic E-state index is 0.125. The third kappa shape index (κ3) is 7.07. The number of rotatable bonds is 9. The zero-order valence-electron chi connectivity index (χ0n) is 12.1. The van der Waals surface area contributed by atoms with Crippen LogP contribution >= 0.6 is 0 Å². The van der Waals surface area contributed by atoms with Gasteiger partial charge in [-0.05, 0) is 25.3 Å². The van der Waals surface area contributed by atoms with Crippen LogP contribution in [0.1, 0.15) is 18.9 Å². The van der Waals surface area contributed by atoms with Crippen LogP contribution in [0.3, 0.4) is 0 Å². The molecule has 1 amide bonds. The zero-order chi connectivity index (χ0) is 14.8. The van der Waals surface area contributed by atoms with E-state index in [9.17, 15) is 4.79 Å². The van der Waals surface area contributed by atoms with Crippen LogP contribution < -0.4 is 11.1 Å². The molecule has 0 fully saturated rings. The Balaban J connectivity index is 2.14. The molecule has 0 aliphatic heterocycles. The van der Waals surface area contributed by atoms with Crippen LogP contribution in [0.25, 0.3) is 0 Å². The minimum atomic E-state index is -0.476. The molecule has 1 rings (SSSR count). The third-order valence-electron chi connectivity index (χ3n) is 2.82. The lowest BCUT2D eigenvalue weighted by molar-refractivity contribution is -0.122. The van der Waals surface area contributed by atoms with Crippen molar-refractivity contribution >= 4 is 5.91 Å². The molecule has 0 radical (unpaired) electrons. The first-order valence-electron chi connectivity index (χ1n) is 6.89. The van der Waals surface area contributed by atoms with Crippen LogP contribution in [0.2, 0.25) is 0 Å². The molecule has 0 bridgehead atoms. The van der Waals surface area contributed by atoms with Crippen molar-refractivity contribution in [1.29, 1.82) is 0 Å². The summed E-state index contributed by atoms with van der Waals surface area (Å²) in [5.41, 5.74) is 8.02. The van der Waals surface area contributed by atoms with Crippen LogP contribution in [0.5, 0.6) is 0 Å². The van der Waals surface area contributed by atoms with Gasteiger partial charge in [0.1, 0.15) is 0 Å². The van der Waals surface area contributed by atoms with E-state index in [0.717, 1.165) is 12.0 Å². The van der Waals surface area contributed by atoms with Gasteiger partial charge < -0.3 is 15.8 Å². The lowest BCUT2D eigenvalue weighted by Gasteiger charge is -2.12. The van der Waals surface area contributed by atoms with Crippen LogP contribution in [0, 0.1) is 0 Å². The SMILES string of the molecule is C=C(C)COCCNC(=O)C(N)CCc1ccccc1. The van der Waals surface area contributed by atoms with Crippen molar-refractivity contribution < 1.29 is 9.53 Å². The molecule has 0 spiro atoms. The molecule has 4 heteroatoms. The van der Waals surface area contributed by atoms with E-state index in [2.05, 4.69) is 11.9 Å². The molecule has 1 atom stereocenters. The molecule has 1 unspecified atom stereocenters. The monoisotopic (exact) mass is 276 g/mol. The predicted molar refractivity (Wildman–Crippen MR) is 81.4 cm³/mol. The van der Waals surface area contributed by atoms with Crippen molar-refractivity contribution in [2.45, 2.75) is 25.8 Å². The molecule has 0 saturated carbocycles. The van der Waals surface area contributed by atoms with Crippen molar-refractivity contribution in [2.24, 2.45) is 5.73 Å². The number of amides is 1. The topological polar surface area (TPSA) is 64.3 Å². The highest BCUT2D eigenvalue weighted by Gasteiger charge is 2.12. The molecule has 20 heavy (non-hydrogen) atoms. The van der Waals surface area contributed by atoms with Gasteiger partial charge in [0, 0.05) is 6.54 Å². The van der Waals surface area contributed by atoms with E-state index in [1.165, 1.54) is 5.56 Å². The number of carbonyl (C=O) groups excluding carboxylic acids is 1. The summed E-state index contributed by atoms with van der Waals surface area (Å²) in [6.45, 7) is 7.12. The van der Waals surface area contributed by atoms with Gasteiger partial charge in [-0.3, -0.25) is 4.79 Å². The summed E-state index contributed by atoms with van der Waals surface area (Å²) < 4.78 is 5.30. The van der Waals surface area contributed by atoms with Crippen molar-refractivity contribution in [3.8, 4) is 0 Å². The standard InChI is InChI=1S/C16H24N2O2/c1-13(2)12-20-11-10-18-16(19)15(17)9-8-14-6-4-3-5-7-14/h3-7,15H,1,8-12,17H2,2H3,(H,18,19). The number of carbonyl (C=O) groups is 1. The number of benzene rings is 1. The van der Waals surface area contributed by atoms with Crippen LogP contribution in [0.4, 0.5) is 0 Å². The highest BCUT2D eigenvalue weighted by Crippen LogP contribution is 2.03. The molecule has 0 heterocycles. The van der Waals surface area contributed by atoms with Crippen molar-refractivity contribution in [2.75, 3.05) is 19.8 Å². The molecular weight excluding hydrogens is 252 g/mol. The number of nitrogens with two attached hydrogens (primary N) is 1. The Bertz CT molecular complexity index is 418. The molecule has 110 valence electrons. The Morgan fingerprint density at radius 2 is 2.10 bits per heavy atom. The maximum Gasteiger partial charge on any atom is 0.237 e. The minimum Gasteiger partial charge on any atom is -0.375 e. The molecule has 3 N–H and O–H groups in total. The second-order valence-electron chi connectivity index (χ2n) is 4.93. The average Bonchev–Trinajstić information content (AvgIpc) is 2.45. The van der Waals surface area contributed by atoms with Gasteiger partial charge in [-0.25, -0.2) is 0 Å². The van der Waals surface area contributed by atoms with Gasteiger partial charge in [0.05, 0.1) is 19.3 Å². The summed E-state index contributed by atoms with van der Waals surface area (Å²) in [5.74, 6) is -0.125. The largest absolute Gasteiger partial charge is 0.375 e. The maximum atomic E-state index is 11.8. The molecule has 0 aromatic heterocycles. The second-order valence-corrected chi connectivity index (χ2v) is 4.93.